The van der Waals surface area contributed by atoms with Gasteiger partial charge in [0.2, 0.25) is 0 Å². The summed E-state index contributed by atoms with van der Waals surface area (Å²) < 4.78 is 0. The molecule has 0 N–H and O–H groups in total. The number of hydrogen-bond acceptors (Lipinski definition) is 2. The summed E-state index contributed by atoms with van der Waals surface area (Å²) in [6, 6.07) is 83.1. The fourth-order valence-electron chi connectivity index (χ4n) is 8.02. The molecule has 10 aromatic carbocycles. The predicted octanol–water partition coefficient (Wildman–Crippen LogP) is 15.4. The van der Waals surface area contributed by atoms with Gasteiger partial charge in [-0.1, -0.05) is 170 Å². The molecule has 0 atom stereocenters. The van der Waals surface area contributed by atoms with E-state index in [-0.39, 0.29) is 0 Å². The normalized spacial score (nSPS) is 11.2. The van der Waals surface area contributed by atoms with E-state index in [1.54, 1.807) is 0 Å². The molecule has 2 nitrogen and oxygen atoms in total. The Morgan fingerprint density at radius 2 is 0.571 bits per heavy atom. The maximum atomic E-state index is 2.38. The number of rotatable bonds is 8. The van der Waals surface area contributed by atoms with Crippen LogP contribution in [-0.4, -0.2) is 0 Å². The van der Waals surface area contributed by atoms with E-state index in [9.17, 15) is 0 Å². The molecule has 56 heavy (non-hydrogen) atoms. The molecule has 10 aromatic rings. The maximum absolute atomic E-state index is 2.38. The first-order valence-electron chi connectivity index (χ1n) is 19.2. The van der Waals surface area contributed by atoms with Crippen LogP contribution in [0.5, 0.6) is 0 Å². The van der Waals surface area contributed by atoms with E-state index in [0.717, 1.165) is 34.1 Å². The molecule has 10 rings (SSSR count). The third kappa shape index (κ3) is 6.24. The Balaban J connectivity index is 1.02. The highest BCUT2D eigenvalue weighted by molar-refractivity contribution is 6.01. The number of anilines is 6. The van der Waals surface area contributed by atoms with Crippen molar-refractivity contribution in [2.45, 2.75) is 0 Å². The van der Waals surface area contributed by atoms with Crippen molar-refractivity contribution < 1.29 is 0 Å². The number of hydrogen-bond donors (Lipinski definition) is 0. The van der Waals surface area contributed by atoms with E-state index < -0.39 is 0 Å². The van der Waals surface area contributed by atoms with Crippen LogP contribution in [0.2, 0.25) is 0 Å². The van der Waals surface area contributed by atoms with Gasteiger partial charge in [-0.2, -0.15) is 0 Å². The molecule has 0 saturated carbocycles. The summed E-state index contributed by atoms with van der Waals surface area (Å²) in [5, 5.41) is 7.32. The molecule has 0 fully saturated rings. The lowest BCUT2D eigenvalue weighted by Gasteiger charge is -2.28. The summed E-state index contributed by atoms with van der Waals surface area (Å²) in [5.41, 5.74) is 11.5. The third-order valence-corrected chi connectivity index (χ3v) is 10.8. The summed E-state index contributed by atoms with van der Waals surface area (Å²) in [5.74, 6) is 0. The van der Waals surface area contributed by atoms with Gasteiger partial charge < -0.3 is 9.80 Å². The molecule has 0 aliphatic rings. The molecule has 0 amide bonds. The monoisotopic (exact) mass is 714 g/mol. The average Bonchev–Trinajstić information content (AvgIpc) is 3.28. The fraction of sp³-hybridized carbons (Fsp3) is 0. The zero-order valence-electron chi connectivity index (χ0n) is 30.8. The number of benzene rings is 10. The molecular weight excluding hydrogens is 677 g/mol. The first-order chi connectivity index (χ1) is 27.8. The first-order valence-corrected chi connectivity index (χ1v) is 19.2. The molecule has 0 aliphatic heterocycles. The molecule has 0 aromatic heterocycles. The Kier molecular flexibility index (Phi) is 8.55. The van der Waals surface area contributed by atoms with Crippen molar-refractivity contribution in [3.8, 4) is 22.3 Å². The Morgan fingerprint density at radius 3 is 1.07 bits per heavy atom. The van der Waals surface area contributed by atoms with Crippen molar-refractivity contribution in [2.24, 2.45) is 0 Å². The SMILES string of the molecule is c1ccc(-c2ccc(N(c3ccc(-c4ccc(N(c5ccc6ccccc6c5)c5cccc6ccccc56)cc4)cc3)c3cccc4ccccc34)cc2)cc1. The zero-order chi connectivity index (χ0) is 37.3. The van der Waals surface area contributed by atoms with Crippen molar-refractivity contribution in [3.05, 3.63) is 231 Å². The second kappa shape index (κ2) is 14.4. The molecule has 0 saturated heterocycles. The Morgan fingerprint density at radius 1 is 0.214 bits per heavy atom. The van der Waals surface area contributed by atoms with Gasteiger partial charge in [-0.25, -0.2) is 0 Å². The van der Waals surface area contributed by atoms with Gasteiger partial charge in [0.15, 0.2) is 0 Å². The lowest BCUT2D eigenvalue weighted by Crippen LogP contribution is -2.10. The summed E-state index contributed by atoms with van der Waals surface area (Å²) in [6.07, 6.45) is 0. The van der Waals surface area contributed by atoms with Gasteiger partial charge in [-0.05, 0) is 104 Å². The molecular formula is C54H38N2. The van der Waals surface area contributed by atoms with Crippen molar-refractivity contribution in [1.29, 1.82) is 0 Å². The van der Waals surface area contributed by atoms with E-state index in [0.29, 0.717) is 0 Å². The van der Waals surface area contributed by atoms with Gasteiger partial charge in [0.05, 0.1) is 11.4 Å². The maximum Gasteiger partial charge on any atom is 0.0540 e. The Bertz CT molecular complexity index is 2940. The second-order valence-corrected chi connectivity index (χ2v) is 14.2. The zero-order valence-corrected chi connectivity index (χ0v) is 30.8. The average molecular weight is 715 g/mol. The molecule has 2 heteroatoms. The van der Waals surface area contributed by atoms with Crippen LogP contribution in [0, 0.1) is 0 Å². The van der Waals surface area contributed by atoms with Crippen LogP contribution in [0.1, 0.15) is 0 Å². The van der Waals surface area contributed by atoms with Crippen molar-refractivity contribution in [2.75, 3.05) is 9.80 Å². The number of fused-ring (bicyclic) bond motifs is 3. The molecule has 0 spiro atoms. The highest BCUT2D eigenvalue weighted by atomic mass is 15.1. The molecule has 0 unspecified atom stereocenters. The third-order valence-electron chi connectivity index (χ3n) is 10.8. The summed E-state index contributed by atoms with van der Waals surface area (Å²) in [6.45, 7) is 0. The van der Waals surface area contributed by atoms with Gasteiger partial charge in [0, 0.05) is 33.5 Å². The topological polar surface area (TPSA) is 6.48 Å². The summed E-state index contributed by atoms with van der Waals surface area (Å²) >= 11 is 0. The van der Waals surface area contributed by atoms with Crippen LogP contribution < -0.4 is 9.80 Å². The van der Waals surface area contributed by atoms with E-state index in [2.05, 4.69) is 240 Å². The van der Waals surface area contributed by atoms with Crippen LogP contribution in [0.3, 0.4) is 0 Å². The molecule has 0 bridgehead atoms. The van der Waals surface area contributed by atoms with Crippen molar-refractivity contribution >= 4 is 66.4 Å². The van der Waals surface area contributed by atoms with E-state index in [1.165, 1.54) is 54.6 Å². The molecule has 0 radical (unpaired) electrons. The quantitative estimate of drug-likeness (QED) is 0.155. The first kappa shape index (κ1) is 33.2. The minimum Gasteiger partial charge on any atom is -0.310 e. The van der Waals surface area contributed by atoms with E-state index in [1.807, 2.05) is 0 Å². The van der Waals surface area contributed by atoms with Gasteiger partial charge >= 0.3 is 0 Å². The summed E-state index contributed by atoms with van der Waals surface area (Å²) in [7, 11) is 0. The lowest BCUT2D eigenvalue weighted by atomic mass is 10.0. The van der Waals surface area contributed by atoms with Crippen LogP contribution in [0.15, 0.2) is 231 Å². The van der Waals surface area contributed by atoms with Crippen LogP contribution in [-0.2, 0) is 0 Å². The standard InChI is InChI=1S/C54H38N2/c1-2-12-39(13-3-1)41-24-31-47(32-25-41)55(53-22-10-18-44-15-6-8-20-51(44)53)48-33-26-42(27-34-48)43-28-35-49(36-29-43)56(50-37-30-40-14-4-5-17-46(40)38-50)54-23-11-19-45-16-7-9-21-52(45)54/h1-38H. The predicted molar refractivity (Wildman–Crippen MR) is 239 cm³/mol. The minimum absolute atomic E-state index is 1.10. The number of nitrogens with zero attached hydrogens (tertiary/aromatic N) is 2. The van der Waals surface area contributed by atoms with E-state index >= 15 is 0 Å². The largest absolute Gasteiger partial charge is 0.310 e. The molecule has 0 aliphatic carbocycles. The van der Waals surface area contributed by atoms with Crippen LogP contribution >= 0.6 is 0 Å². The second-order valence-electron chi connectivity index (χ2n) is 14.2. The van der Waals surface area contributed by atoms with E-state index in [4.69, 9.17) is 0 Å². The van der Waals surface area contributed by atoms with Gasteiger partial charge in [-0.3, -0.25) is 0 Å². The minimum atomic E-state index is 1.10. The van der Waals surface area contributed by atoms with Crippen LogP contribution in [0.25, 0.3) is 54.6 Å². The molecule has 264 valence electrons. The lowest BCUT2D eigenvalue weighted by molar-refractivity contribution is 1.29. The molecule has 0 heterocycles. The summed E-state index contributed by atoms with van der Waals surface area (Å²) in [4.78, 5) is 4.75. The Hall–Kier alpha value is -7.42. The fourth-order valence-corrected chi connectivity index (χ4v) is 8.02. The van der Waals surface area contributed by atoms with Gasteiger partial charge in [-0.15, -0.1) is 0 Å². The smallest absolute Gasteiger partial charge is 0.0540 e. The van der Waals surface area contributed by atoms with Crippen molar-refractivity contribution in [1.82, 2.24) is 0 Å². The highest BCUT2D eigenvalue weighted by Gasteiger charge is 2.18. The van der Waals surface area contributed by atoms with Crippen molar-refractivity contribution in [3.63, 3.8) is 0 Å². The Labute approximate surface area is 327 Å². The van der Waals surface area contributed by atoms with Gasteiger partial charge in [0.25, 0.3) is 0 Å². The van der Waals surface area contributed by atoms with Gasteiger partial charge in [0.1, 0.15) is 0 Å². The van der Waals surface area contributed by atoms with Crippen LogP contribution in [0.4, 0.5) is 34.1 Å². The highest BCUT2D eigenvalue weighted by Crippen LogP contribution is 2.42.